The van der Waals surface area contributed by atoms with Gasteiger partial charge in [-0.05, 0) is 43.9 Å². The summed E-state index contributed by atoms with van der Waals surface area (Å²) in [6, 6.07) is 0. The van der Waals surface area contributed by atoms with E-state index in [0.717, 1.165) is 11.8 Å². The molecule has 3 aliphatic carbocycles. The molecule has 0 saturated heterocycles. The van der Waals surface area contributed by atoms with E-state index in [2.05, 4.69) is 6.08 Å². The second-order valence-electron chi connectivity index (χ2n) is 5.15. The molecule has 2 saturated carbocycles. The van der Waals surface area contributed by atoms with Crippen molar-refractivity contribution >= 4 is 0 Å². The first-order valence-electron chi connectivity index (χ1n) is 5.66. The molecule has 0 aromatic rings. The normalized spacial score (nSPS) is 47.6. The Hall–Kier alpha value is -0.300. The molecule has 0 aliphatic heterocycles. The van der Waals surface area contributed by atoms with Crippen molar-refractivity contribution < 1.29 is 5.11 Å². The van der Waals surface area contributed by atoms with Gasteiger partial charge in [-0.2, -0.15) is 0 Å². The highest BCUT2D eigenvalue weighted by Gasteiger charge is 2.52. The molecule has 1 N–H and O–H groups in total. The zero-order valence-corrected chi connectivity index (χ0v) is 8.13. The Morgan fingerprint density at radius 3 is 3.23 bits per heavy atom. The fraction of sp³-hybridized carbons (Fsp3) is 0.833. The van der Waals surface area contributed by atoms with Crippen LogP contribution in [0.5, 0.6) is 0 Å². The Morgan fingerprint density at radius 1 is 1.46 bits per heavy atom. The van der Waals surface area contributed by atoms with E-state index in [1.807, 2.05) is 0 Å². The smallest absolute Gasteiger partial charge is 0.0493 e. The predicted octanol–water partition coefficient (Wildman–Crippen LogP) is 2.51. The van der Waals surface area contributed by atoms with Crippen molar-refractivity contribution in [3.63, 3.8) is 0 Å². The van der Waals surface area contributed by atoms with Crippen molar-refractivity contribution in [3.8, 4) is 0 Å². The van der Waals surface area contributed by atoms with Crippen molar-refractivity contribution in [2.24, 2.45) is 17.3 Å². The quantitative estimate of drug-likeness (QED) is 0.612. The minimum absolute atomic E-state index is 0.330. The summed E-state index contributed by atoms with van der Waals surface area (Å²) >= 11 is 0. The lowest BCUT2D eigenvalue weighted by molar-refractivity contribution is 0.106. The summed E-state index contributed by atoms with van der Waals surface area (Å²) in [4.78, 5) is 0. The lowest BCUT2D eigenvalue weighted by atomic mass is 9.80. The molecule has 0 spiro atoms. The van der Waals surface area contributed by atoms with Crippen molar-refractivity contribution in [2.45, 2.75) is 38.5 Å². The molecule has 0 unspecified atom stereocenters. The maximum Gasteiger partial charge on any atom is 0.0493 e. The Kier molecular flexibility index (Phi) is 1.61. The minimum atomic E-state index is 0.330. The SMILES string of the molecule is OC[C@]12CCC[C@H]1C1=CCC[C@@H]1C2. The van der Waals surface area contributed by atoms with Gasteiger partial charge in [-0.15, -0.1) is 0 Å². The monoisotopic (exact) mass is 178 g/mol. The number of fused-ring (bicyclic) bond motifs is 3. The first kappa shape index (κ1) is 8.05. The number of allylic oxidation sites excluding steroid dienone is 2. The molecule has 2 fully saturated rings. The van der Waals surface area contributed by atoms with E-state index >= 15 is 0 Å². The van der Waals surface area contributed by atoms with Crippen LogP contribution in [0.1, 0.15) is 38.5 Å². The van der Waals surface area contributed by atoms with E-state index in [1.54, 1.807) is 5.57 Å². The standard InChI is InChI=1S/C12H18O/c13-8-12-6-2-5-11(12)10-4-1-3-9(10)7-12/h4,9,11,13H,1-3,5-8H2/t9-,11+,12-/m1/s1. The molecular formula is C12H18O. The lowest BCUT2D eigenvalue weighted by Crippen LogP contribution is -2.25. The molecule has 0 bridgehead atoms. The molecule has 0 heterocycles. The van der Waals surface area contributed by atoms with Gasteiger partial charge in [0.25, 0.3) is 0 Å². The molecule has 3 rings (SSSR count). The molecule has 13 heavy (non-hydrogen) atoms. The number of aliphatic hydroxyl groups excluding tert-OH is 1. The van der Waals surface area contributed by atoms with E-state index in [1.165, 1.54) is 38.5 Å². The molecule has 0 radical (unpaired) electrons. The van der Waals surface area contributed by atoms with Gasteiger partial charge in [0.2, 0.25) is 0 Å². The third-order valence-electron chi connectivity index (χ3n) is 4.64. The fourth-order valence-electron chi connectivity index (χ4n) is 4.08. The van der Waals surface area contributed by atoms with Gasteiger partial charge in [0.15, 0.2) is 0 Å². The topological polar surface area (TPSA) is 20.2 Å². The second kappa shape index (κ2) is 2.60. The van der Waals surface area contributed by atoms with E-state index in [9.17, 15) is 5.11 Å². The van der Waals surface area contributed by atoms with Crippen LogP contribution < -0.4 is 0 Å². The minimum Gasteiger partial charge on any atom is -0.396 e. The highest BCUT2D eigenvalue weighted by Crippen LogP contribution is 2.61. The van der Waals surface area contributed by atoms with Crippen LogP contribution in [0.3, 0.4) is 0 Å². The highest BCUT2D eigenvalue weighted by atomic mass is 16.3. The third-order valence-corrected chi connectivity index (χ3v) is 4.64. The van der Waals surface area contributed by atoms with Crippen LogP contribution in [0.4, 0.5) is 0 Å². The van der Waals surface area contributed by atoms with Crippen LogP contribution in [0, 0.1) is 17.3 Å². The van der Waals surface area contributed by atoms with E-state index in [-0.39, 0.29) is 0 Å². The van der Waals surface area contributed by atoms with Gasteiger partial charge >= 0.3 is 0 Å². The summed E-state index contributed by atoms with van der Waals surface area (Å²) in [6.45, 7) is 0.436. The van der Waals surface area contributed by atoms with E-state index < -0.39 is 0 Å². The molecule has 0 aromatic carbocycles. The molecule has 72 valence electrons. The van der Waals surface area contributed by atoms with Gasteiger partial charge in [-0.25, -0.2) is 0 Å². The molecule has 1 nitrogen and oxygen atoms in total. The molecular weight excluding hydrogens is 160 g/mol. The van der Waals surface area contributed by atoms with Gasteiger partial charge in [0.05, 0.1) is 0 Å². The van der Waals surface area contributed by atoms with Crippen LogP contribution in [-0.4, -0.2) is 11.7 Å². The summed E-state index contributed by atoms with van der Waals surface area (Å²) < 4.78 is 0. The Morgan fingerprint density at radius 2 is 2.38 bits per heavy atom. The van der Waals surface area contributed by atoms with Crippen molar-refractivity contribution in [3.05, 3.63) is 11.6 Å². The first-order valence-corrected chi connectivity index (χ1v) is 5.66. The summed E-state index contributed by atoms with van der Waals surface area (Å²) in [5, 5.41) is 9.55. The highest BCUT2D eigenvalue weighted by molar-refractivity contribution is 5.27. The summed E-state index contributed by atoms with van der Waals surface area (Å²) in [6.07, 6.45) is 10.4. The zero-order chi connectivity index (χ0) is 8.89. The fourth-order valence-corrected chi connectivity index (χ4v) is 4.08. The third kappa shape index (κ3) is 0.914. The largest absolute Gasteiger partial charge is 0.396 e. The molecule has 3 aliphatic rings. The Labute approximate surface area is 79.8 Å². The van der Waals surface area contributed by atoms with Gasteiger partial charge in [-0.3, -0.25) is 0 Å². The Balaban J connectivity index is 1.97. The lowest BCUT2D eigenvalue weighted by Gasteiger charge is -2.27. The average Bonchev–Trinajstić information content (AvgIpc) is 2.72. The molecule has 3 atom stereocenters. The van der Waals surface area contributed by atoms with Crippen LogP contribution in [-0.2, 0) is 0 Å². The van der Waals surface area contributed by atoms with Gasteiger partial charge in [-0.1, -0.05) is 18.1 Å². The first-order chi connectivity index (χ1) is 6.36. The molecule has 0 aromatic heterocycles. The number of hydrogen-bond acceptors (Lipinski definition) is 1. The molecule has 0 amide bonds. The Bertz CT molecular complexity index is 256. The van der Waals surface area contributed by atoms with Crippen molar-refractivity contribution in [1.29, 1.82) is 0 Å². The van der Waals surface area contributed by atoms with Crippen LogP contribution in [0.15, 0.2) is 11.6 Å². The summed E-state index contributed by atoms with van der Waals surface area (Å²) in [5.41, 5.74) is 2.06. The zero-order valence-electron chi connectivity index (χ0n) is 8.13. The van der Waals surface area contributed by atoms with Gasteiger partial charge < -0.3 is 5.11 Å². The van der Waals surface area contributed by atoms with E-state index in [0.29, 0.717) is 12.0 Å². The van der Waals surface area contributed by atoms with Gasteiger partial charge in [0.1, 0.15) is 0 Å². The second-order valence-corrected chi connectivity index (χ2v) is 5.15. The maximum atomic E-state index is 9.55. The van der Waals surface area contributed by atoms with Crippen molar-refractivity contribution in [1.82, 2.24) is 0 Å². The number of hydrogen-bond donors (Lipinski definition) is 1. The van der Waals surface area contributed by atoms with E-state index in [4.69, 9.17) is 0 Å². The van der Waals surface area contributed by atoms with Gasteiger partial charge in [0, 0.05) is 12.0 Å². The predicted molar refractivity (Wildman–Crippen MR) is 52.3 cm³/mol. The average molecular weight is 178 g/mol. The van der Waals surface area contributed by atoms with Crippen LogP contribution in [0.25, 0.3) is 0 Å². The maximum absolute atomic E-state index is 9.55. The number of aliphatic hydroxyl groups is 1. The van der Waals surface area contributed by atoms with Crippen LogP contribution >= 0.6 is 0 Å². The summed E-state index contributed by atoms with van der Waals surface area (Å²) in [5.74, 6) is 1.63. The van der Waals surface area contributed by atoms with Crippen LogP contribution in [0.2, 0.25) is 0 Å². The number of rotatable bonds is 1. The van der Waals surface area contributed by atoms with Crippen molar-refractivity contribution in [2.75, 3.05) is 6.61 Å². The summed E-state index contributed by atoms with van der Waals surface area (Å²) in [7, 11) is 0. The molecule has 1 heteroatoms.